The second kappa shape index (κ2) is 4.17. The van der Waals surface area contributed by atoms with Crippen LogP contribution in [0, 0.1) is 19.3 Å². The van der Waals surface area contributed by atoms with Crippen LogP contribution in [0.5, 0.6) is 0 Å². The van der Waals surface area contributed by atoms with E-state index < -0.39 is 0 Å². The molecule has 0 radical (unpaired) electrons. The van der Waals surface area contributed by atoms with Gasteiger partial charge in [0, 0.05) is 19.1 Å². The molecule has 1 aromatic rings. The van der Waals surface area contributed by atoms with Crippen LogP contribution in [0.25, 0.3) is 0 Å². The molecule has 0 spiro atoms. The Kier molecular flexibility index (Phi) is 3.02. The van der Waals surface area contributed by atoms with Crippen LogP contribution >= 0.6 is 0 Å². The first-order valence-electron chi connectivity index (χ1n) is 6.08. The Hall–Kier alpha value is -0.900. The summed E-state index contributed by atoms with van der Waals surface area (Å²) in [6.45, 7) is 10.5. The average molecular weight is 222 g/mol. The smallest absolute Gasteiger partial charge is 0.147 e. The van der Waals surface area contributed by atoms with Crippen molar-refractivity contribution >= 4 is 0 Å². The van der Waals surface area contributed by atoms with E-state index in [0.29, 0.717) is 0 Å². The maximum atomic E-state index is 4.42. The molecule has 0 atom stereocenters. The number of aryl methyl sites for hydroxylation is 2. The third-order valence-corrected chi connectivity index (χ3v) is 2.99. The Bertz CT molecular complexity index is 363. The third kappa shape index (κ3) is 3.04. The number of hydrogen-bond acceptors (Lipinski definition) is 3. The first-order valence-corrected chi connectivity index (χ1v) is 6.08. The maximum absolute atomic E-state index is 4.42. The molecule has 1 saturated carbocycles. The third-order valence-electron chi connectivity index (χ3n) is 2.99. The van der Waals surface area contributed by atoms with Crippen molar-refractivity contribution in [3.8, 4) is 0 Å². The summed E-state index contributed by atoms with van der Waals surface area (Å²) in [6.07, 6.45) is 2.69. The monoisotopic (exact) mass is 222 g/mol. The highest BCUT2D eigenvalue weighted by Crippen LogP contribution is 2.23. The Balaban J connectivity index is 1.92. The highest BCUT2D eigenvalue weighted by atomic mass is 15.3. The van der Waals surface area contributed by atoms with Crippen molar-refractivity contribution in [2.24, 2.45) is 5.41 Å². The van der Waals surface area contributed by atoms with E-state index in [-0.39, 0.29) is 5.41 Å². The van der Waals surface area contributed by atoms with Gasteiger partial charge in [-0.15, -0.1) is 0 Å². The number of rotatable bonds is 5. The van der Waals surface area contributed by atoms with Crippen LogP contribution in [0.4, 0.5) is 0 Å². The van der Waals surface area contributed by atoms with Gasteiger partial charge >= 0.3 is 0 Å². The second-order valence-corrected chi connectivity index (χ2v) is 5.68. The fraction of sp³-hybridized carbons (Fsp3) is 0.833. The molecule has 0 aliphatic heterocycles. The van der Waals surface area contributed by atoms with Crippen LogP contribution in [0.3, 0.4) is 0 Å². The molecule has 1 aliphatic rings. The Morgan fingerprint density at radius 3 is 2.56 bits per heavy atom. The normalized spacial score (nSPS) is 16.8. The molecule has 1 N–H and O–H groups in total. The van der Waals surface area contributed by atoms with Crippen molar-refractivity contribution in [1.82, 2.24) is 20.1 Å². The second-order valence-electron chi connectivity index (χ2n) is 5.68. The minimum atomic E-state index is 0.230. The number of nitrogens with one attached hydrogen (secondary N) is 1. The molecule has 0 amide bonds. The summed E-state index contributed by atoms with van der Waals surface area (Å²) in [7, 11) is 0. The van der Waals surface area contributed by atoms with E-state index in [1.807, 2.05) is 18.5 Å². The van der Waals surface area contributed by atoms with Gasteiger partial charge in [0.2, 0.25) is 0 Å². The van der Waals surface area contributed by atoms with Gasteiger partial charge in [-0.1, -0.05) is 13.8 Å². The van der Waals surface area contributed by atoms with Gasteiger partial charge in [-0.05, 0) is 32.1 Å². The summed E-state index contributed by atoms with van der Waals surface area (Å²) < 4.78 is 2.02. The lowest BCUT2D eigenvalue weighted by molar-refractivity contribution is 0.272. The molecule has 4 nitrogen and oxygen atoms in total. The molecule has 90 valence electrons. The number of nitrogens with zero attached hydrogens (tertiary/aromatic N) is 3. The fourth-order valence-corrected chi connectivity index (χ4v) is 1.88. The molecule has 0 bridgehead atoms. The quantitative estimate of drug-likeness (QED) is 0.824. The van der Waals surface area contributed by atoms with E-state index in [1.54, 1.807) is 0 Å². The summed E-state index contributed by atoms with van der Waals surface area (Å²) in [4.78, 5) is 4.33. The van der Waals surface area contributed by atoms with Gasteiger partial charge in [0.1, 0.15) is 11.6 Å². The van der Waals surface area contributed by atoms with Gasteiger partial charge in [0.15, 0.2) is 0 Å². The van der Waals surface area contributed by atoms with E-state index in [1.165, 1.54) is 12.8 Å². The van der Waals surface area contributed by atoms with E-state index in [0.717, 1.165) is 30.8 Å². The predicted molar refractivity (Wildman–Crippen MR) is 64.3 cm³/mol. The summed E-state index contributed by atoms with van der Waals surface area (Å²) in [5.74, 6) is 1.88. The summed E-state index contributed by atoms with van der Waals surface area (Å²) in [6, 6.07) is 0.776. The standard InChI is InChI=1S/C12H22N4/c1-9-14-10(2)16(15-9)8-12(3,4)7-13-11-5-6-11/h11,13H,5-8H2,1-4H3. The summed E-state index contributed by atoms with van der Waals surface area (Å²) in [5, 5.41) is 8.00. The van der Waals surface area contributed by atoms with Gasteiger partial charge in [-0.25, -0.2) is 9.67 Å². The van der Waals surface area contributed by atoms with Crippen LogP contribution < -0.4 is 5.32 Å². The SMILES string of the molecule is Cc1nc(C)n(CC(C)(C)CNC2CC2)n1. The summed E-state index contributed by atoms with van der Waals surface area (Å²) >= 11 is 0. The number of hydrogen-bond donors (Lipinski definition) is 1. The minimum Gasteiger partial charge on any atom is -0.313 e. The maximum Gasteiger partial charge on any atom is 0.147 e. The van der Waals surface area contributed by atoms with Crippen LogP contribution in [-0.2, 0) is 6.54 Å². The molecule has 1 aromatic heterocycles. The van der Waals surface area contributed by atoms with E-state index in [4.69, 9.17) is 0 Å². The Labute approximate surface area is 97.5 Å². The lowest BCUT2D eigenvalue weighted by atomic mass is 9.93. The summed E-state index contributed by atoms with van der Waals surface area (Å²) in [5.41, 5.74) is 0.230. The molecule has 1 fully saturated rings. The van der Waals surface area contributed by atoms with Crippen molar-refractivity contribution < 1.29 is 0 Å². The zero-order chi connectivity index (χ0) is 11.8. The van der Waals surface area contributed by atoms with Crippen molar-refractivity contribution in [3.05, 3.63) is 11.6 Å². The van der Waals surface area contributed by atoms with Crippen LogP contribution in [0.1, 0.15) is 38.3 Å². The molecule has 0 saturated heterocycles. The van der Waals surface area contributed by atoms with E-state index in [2.05, 4.69) is 29.2 Å². The highest BCUT2D eigenvalue weighted by Gasteiger charge is 2.26. The Morgan fingerprint density at radius 1 is 1.38 bits per heavy atom. The molecular formula is C12H22N4. The largest absolute Gasteiger partial charge is 0.313 e. The van der Waals surface area contributed by atoms with Crippen molar-refractivity contribution in [1.29, 1.82) is 0 Å². The fourth-order valence-electron chi connectivity index (χ4n) is 1.88. The molecule has 1 aliphatic carbocycles. The van der Waals surface area contributed by atoms with Gasteiger partial charge in [0.05, 0.1) is 0 Å². The lowest BCUT2D eigenvalue weighted by Gasteiger charge is -2.25. The first-order chi connectivity index (χ1) is 7.46. The van der Waals surface area contributed by atoms with Crippen molar-refractivity contribution in [3.63, 3.8) is 0 Å². The molecule has 16 heavy (non-hydrogen) atoms. The molecule has 2 rings (SSSR count). The average Bonchev–Trinajstić information content (AvgIpc) is 2.92. The predicted octanol–water partition coefficient (Wildman–Crippen LogP) is 1.67. The topological polar surface area (TPSA) is 42.7 Å². The van der Waals surface area contributed by atoms with Gasteiger partial charge in [-0.3, -0.25) is 0 Å². The van der Waals surface area contributed by atoms with Gasteiger partial charge in [0.25, 0.3) is 0 Å². The molecule has 0 unspecified atom stereocenters. The molecular weight excluding hydrogens is 200 g/mol. The van der Waals surface area contributed by atoms with Crippen molar-refractivity contribution in [2.45, 2.75) is 53.1 Å². The van der Waals surface area contributed by atoms with Crippen LogP contribution in [0.15, 0.2) is 0 Å². The number of aromatic nitrogens is 3. The Morgan fingerprint density at radius 2 is 2.06 bits per heavy atom. The molecule has 4 heteroatoms. The van der Waals surface area contributed by atoms with Crippen LogP contribution in [-0.4, -0.2) is 27.4 Å². The van der Waals surface area contributed by atoms with Crippen molar-refractivity contribution in [2.75, 3.05) is 6.54 Å². The molecule has 0 aromatic carbocycles. The zero-order valence-corrected chi connectivity index (χ0v) is 10.7. The zero-order valence-electron chi connectivity index (χ0n) is 10.7. The first kappa shape index (κ1) is 11.6. The van der Waals surface area contributed by atoms with E-state index >= 15 is 0 Å². The van der Waals surface area contributed by atoms with Gasteiger partial charge < -0.3 is 5.32 Å². The van der Waals surface area contributed by atoms with E-state index in [9.17, 15) is 0 Å². The molecule has 1 heterocycles. The van der Waals surface area contributed by atoms with Gasteiger partial charge in [-0.2, -0.15) is 5.10 Å². The highest BCUT2D eigenvalue weighted by molar-refractivity contribution is 4.90. The lowest BCUT2D eigenvalue weighted by Crippen LogP contribution is -2.34. The van der Waals surface area contributed by atoms with Crippen LogP contribution in [0.2, 0.25) is 0 Å². The minimum absolute atomic E-state index is 0.230.